The maximum atomic E-state index is 14.0. The van der Waals surface area contributed by atoms with Crippen LogP contribution in [0.25, 0.3) is 10.8 Å². The lowest BCUT2D eigenvalue weighted by molar-refractivity contribution is -0.173. The normalized spacial score (nSPS) is 17.6. The maximum absolute atomic E-state index is 14.0. The van der Waals surface area contributed by atoms with Gasteiger partial charge >= 0.3 is 6.18 Å². The largest absolute Gasteiger partial charge is 0.410 e. The van der Waals surface area contributed by atoms with Crippen molar-refractivity contribution in [1.82, 2.24) is 15.1 Å². The quantitative estimate of drug-likeness (QED) is 0.360. The summed E-state index contributed by atoms with van der Waals surface area (Å²) in [6.07, 6.45) is -2.65. The molecule has 0 spiro atoms. The Labute approximate surface area is 201 Å². The summed E-state index contributed by atoms with van der Waals surface area (Å²) in [4.78, 5) is 13.1. The zero-order valence-electron chi connectivity index (χ0n) is 19.1. The summed E-state index contributed by atoms with van der Waals surface area (Å²) in [6.45, 7) is 2.27. The summed E-state index contributed by atoms with van der Waals surface area (Å²) in [5.41, 5.74) is 2.86. The molecule has 2 N–H and O–H groups in total. The van der Waals surface area contributed by atoms with Crippen LogP contribution in [0.4, 0.5) is 19.0 Å². The molecule has 0 aliphatic carbocycles. The SMILES string of the molecule is CCc1ccc(C2CC(C(F)(F)F)n3ncc(C(=O)NCc4cccc5ccccc45)c3N2)cc1. The van der Waals surface area contributed by atoms with E-state index < -0.39 is 24.2 Å². The smallest absolute Gasteiger partial charge is 0.363 e. The van der Waals surface area contributed by atoms with Gasteiger partial charge in [0.05, 0.1) is 12.2 Å². The highest BCUT2D eigenvalue weighted by atomic mass is 19.4. The van der Waals surface area contributed by atoms with Crippen LogP contribution < -0.4 is 10.6 Å². The van der Waals surface area contributed by atoms with Crippen LogP contribution in [0.15, 0.2) is 72.9 Å². The number of rotatable bonds is 5. The van der Waals surface area contributed by atoms with Gasteiger partial charge in [0.2, 0.25) is 0 Å². The van der Waals surface area contributed by atoms with Crippen LogP contribution in [-0.4, -0.2) is 21.9 Å². The van der Waals surface area contributed by atoms with Crippen LogP contribution in [0, 0.1) is 0 Å². The number of aryl methyl sites for hydroxylation is 1. The van der Waals surface area contributed by atoms with Crippen molar-refractivity contribution in [2.24, 2.45) is 0 Å². The lowest BCUT2D eigenvalue weighted by Crippen LogP contribution is -2.36. The van der Waals surface area contributed by atoms with Crippen molar-refractivity contribution < 1.29 is 18.0 Å². The zero-order valence-corrected chi connectivity index (χ0v) is 19.1. The zero-order chi connectivity index (χ0) is 24.6. The second-order valence-electron chi connectivity index (χ2n) is 8.76. The summed E-state index contributed by atoms with van der Waals surface area (Å²) in [7, 11) is 0. The Morgan fingerprint density at radius 2 is 1.83 bits per heavy atom. The van der Waals surface area contributed by atoms with Crippen LogP contribution in [0.5, 0.6) is 0 Å². The Hall–Kier alpha value is -3.81. The molecule has 0 saturated carbocycles. The Balaban J connectivity index is 1.42. The summed E-state index contributed by atoms with van der Waals surface area (Å²) in [5, 5.41) is 12.0. The molecule has 1 aliphatic rings. The molecule has 0 radical (unpaired) electrons. The highest BCUT2D eigenvalue weighted by molar-refractivity contribution is 5.99. The summed E-state index contributed by atoms with van der Waals surface area (Å²) in [5.74, 6) is -0.395. The molecule has 5 nitrogen and oxygen atoms in total. The lowest BCUT2D eigenvalue weighted by Gasteiger charge is -2.34. The predicted octanol–water partition coefficient (Wildman–Crippen LogP) is 6.19. The second kappa shape index (κ2) is 9.09. The molecule has 0 saturated heterocycles. The Morgan fingerprint density at radius 1 is 1.09 bits per heavy atom. The van der Waals surface area contributed by atoms with Crippen LogP contribution in [0.3, 0.4) is 0 Å². The molecule has 180 valence electrons. The van der Waals surface area contributed by atoms with Gasteiger partial charge in [-0.3, -0.25) is 4.79 Å². The van der Waals surface area contributed by atoms with Gasteiger partial charge in [-0.05, 0) is 33.9 Å². The first kappa shape index (κ1) is 23.0. The first-order valence-corrected chi connectivity index (χ1v) is 11.6. The minimum absolute atomic E-state index is 0.0820. The molecule has 1 amide bonds. The van der Waals surface area contributed by atoms with Gasteiger partial charge < -0.3 is 10.6 Å². The number of amides is 1. The minimum Gasteiger partial charge on any atom is -0.363 e. The topological polar surface area (TPSA) is 59.0 Å². The average molecular weight is 479 g/mol. The molecule has 1 aromatic heterocycles. The minimum atomic E-state index is -4.50. The monoisotopic (exact) mass is 478 g/mol. The van der Waals surface area contributed by atoms with E-state index >= 15 is 0 Å². The number of hydrogen-bond donors (Lipinski definition) is 2. The van der Waals surface area contributed by atoms with E-state index in [1.807, 2.05) is 73.7 Å². The molecule has 1 aliphatic heterocycles. The van der Waals surface area contributed by atoms with Crippen molar-refractivity contribution in [2.75, 3.05) is 5.32 Å². The van der Waals surface area contributed by atoms with E-state index in [0.717, 1.165) is 38.6 Å². The van der Waals surface area contributed by atoms with Gasteiger partial charge in [0, 0.05) is 13.0 Å². The van der Waals surface area contributed by atoms with Crippen LogP contribution in [0.2, 0.25) is 0 Å². The average Bonchev–Trinajstić information content (AvgIpc) is 3.30. The Kier molecular flexibility index (Phi) is 5.96. The fourth-order valence-corrected chi connectivity index (χ4v) is 4.65. The summed E-state index contributed by atoms with van der Waals surface area (Å²) in [6, 6.07) is 18.8. The van der Waals surface area contributed by atoms with Crippen LogP contribution in [0.1, 0.15) is 52.5 Å². The molecule has 2 heterocycles. The van der Waals surface area contributed by atoms with Gasteiger partial charge in [0.25, 0.3) is 5.91 Å². The number of anilines is 1. The van der Waals surface area contributed by atoms with Crippen molar-refractivity contribution in [3.8, 4) is 0 Å². The van der Waals surface area contributed by atoms with E-state index in [9.17, 15) is 18.0 Å². The van der Waals surface area contributed by atoms with Gasteiger partial charge in [-0.15, -0.1) is 0 Å². The number of nitrogens with one attached hydrogen (secondary N) is 2. The molecule has 3 aromatic carbocycles. The highest BCUT2D eigenvalue weighted by Gasteiger charge is 2.47. The standard InChI is InChI=1S/C27H25F3N4O/c1-2-17-10-12-19(13-11-17)23-14-24(27(28,29)30)34-25(33-23)22(16-32-34)26(35)31-15-20-8-5-7-18-6-3-4-9-21(18)20/h3-13,16,23-24,33H,2,14-15H2,1H3,(H,31,35). The van der Waals surface area contributed by atoms with E-state index in [0.29, 0.717) is 0 Å². The number of fused-ring (bicyclic) bond motifs is 2. The number of carbonyl (C=O) groups is 1. The Bertz CT molecular complexity index is 1360. The van der Waals surface area contributed by atoms with E-state index in [1.165, 1.54) is 6.20 Å². The van der Waals surface area contributed by atoms with Gasteiger partial charge in [-0.2, -0.15) is 18.3 Å². The highest BCUT2D eigenvalue weighted by Crippen LogP contribution is 2.44. The summed E-state index contributed by atoms with van der Waals surface area (Å²) < 4.78 is 42.8. The molecular weight excluding hydrogens is 453 g/mol. The molecule has 0 bridgehead atoms. The third-order valence-electron chi connectivity index (χ3n) is 6.59. The van der Waals surface area contributed by atoms with E-state index in [2.05, 4.69) is 15.7 Å². The van der Waals surface area contributed by atoms with Crippen LogP contribution >= 0.6 is 0 Å². The van der Waals surface area contributed by atoms with Gasteiger partial charge in [-0.25, -0.2) is 4.68 Å². The van der Waals surface area contributed by atoms with Gasteiger partial charge in [0.1, 0.15) is 11.4 Å². The molecular formula is C27H25F3N4O. The van der Waals surface area contributed by atoms with Crippen LogP contribution in [-0.2, 0) is 13.0 Å². The number of alkyl halides is 3. The molecule has 0 fully saturated rings. The molecule has 2 unspecified atom stereocenters. The predicted molar refractivity (Wildman–Crippen MR) is 129 cm³/mol. The van der Waals surface area contributed by atoms with Gasteiger partial charge in [-0.1, -0.05) is 73.7 Å². The van der Waals surface area contributed by atoms with Crippen molar-refractivity contribution in [2.45, 2.75) is 44.6 Å². The second-order valence-corrected chi connectivity index (χ2v) is 8.76. The third-order valence-corrected chi connectivity index (χ3v) is 6.59. The molecule has 2 atom stereocenters. The van der Waals surface area contributed by atoms with E-state index in [1.54, 1.807) is 0 Å². The van der Waals surface area contributed by atoms with Gasteiger partial charge in [0.15, 0.2) is 6.04 Å². The molecule has 35 heavy (non-hydrogen) atoms. The van der Waals surface area contributed by atoms with E-state index in [4.69, 9.17) is 0 Å². The van der Waals surface area contributed by atoms with Crippen molar-refractivity contribution in [3.05, 3.63) is 95.2 Å². The first-order chi connectivity index (χ1) is 16.8. The number of carbonyl (C=O) groups excluding carboxylic acids is 1. The van der Waals surface area contributed by atoms with Crippen molar-refractivity contribution in [1.29, 1.82) is 0 Å². The number of hydrogen-bond acceptors (Lipinski definition) is 3. The molecule has 8 heteroatoms. The van der Waals surface area contributed by atoms with Crippen molar-refractivity contribution in [3.63, 3.8) is 0 Å². The fraction of sp³-hybridized carbons (Fsp3) is 0.259. The maximum Gasteiger partial charge on any atom is 0.410 e. The number of nitrogens with zero attached hydrogens (tertiary/aromatic N) is 2. The van der Waals surface area contributed by atoms with E-state index in [-0.39, 0.29) is 24.3 Å². The van der Waals surface area contributed by atoms with Crippen molar-refractivity contribution >= 4 is 22.5 Å². The summed E-state index contributed by atoms with van der Waals surface area (Å²) >= 11 is 0. The lowest BCUT2D eigenvalue weighted by atomic mass is 9.95. The Morgan fingerprint density at radius 3 is 2.57 bits per heavy atom. The molecule has 4 aromatic rings. The third kappa shape index (κ3) is 4.48. The molecule has 5 rings (SSSR count). The number of halogens is 3. The number of aromatic nitrogens is 2. The first-order valence-electron chi connectivity index (χ1n) is 11.6. The number of benzene rings is 3. The fourth-order valence-electron chi connectivity index (χ4n) is 4.65.